The van der Waals surface area contributed by atoms with Crippen LogP contribution in [0.4, 0.5) is 14.7 Å². The van der Waals surface area contributed by atoms with E-state index in [4.69, 9.17) is 21.4 Å². The number of carboxylic acid groups (broad SMARTS) is 1. The number of aryl methyl sites for hydroxylation is 1. The minimum atomic E-state index is -2.68. The van der Waals surface area contributed by atoms with Crippen molar-refractivity contribution >= 4 is 34.4 Å². The molecule has 0 atom stereocenters. The largest absolute Gasteiger partial charge is 0.479 e. The van der Waals surface area contributed by atoms with Crippen molar-refractivity contribution < 1.29 is 23.4 Å². The van der Waals surface area contributed by atoms with Gasteiger partial charge in [0.15, 0.2) is 12.4 Å². The van der Waals surface area contributed by atoms with Crippen LogP contribution in [-0.2, 0) is 18.3 Å². The van der Waals surface area contributed by atoms with E-state index in [1.54, 1.807) is 18.0 Å². The predicted octanol–water partition coefficient (Wildman–Crippen LogP) is 3.66. The first-order valence-electron chi connectivity index (χ1n) is 10.7. The molecule has 0 radical (unpaired) electrons. The van der Waals surface area contributed by atoms with Crippen molar-refractivity contribution in [3.63, 3.8) is 0 Å². The second-order valence-electron chi connectivity index (χ2n) is 8.29. The number of nitrogens with zero attached hydrogens (tertiary/aromatic N) is 4. The van der Waals surface area contributed by atoms with Gasteiger partial charge in [0.2, 0.25) is 11.9 Å². The van der Waals surface area contributed by atoms with Gasteiger partial charge in [0.05, 0.1) is 22.4 Å². The van der Waals surface area contributed by atoms with E-state index >= 15 is 0 Å². The molecule has 1 fully saturated rings. The van der Waals surface area contributed by atoms with E-state index in [-0.39, 0.29) is 25.1 Å². The number of pyridine rings is 1. The summed E-state index contributed by atoms with van der Waals surface area (Å²) in [6.07, 6.45) is 1.78. The highest BCUT2D eigenvalue weighted by Gasteiger charge is 2.32. The molecule has 1 aromatic carbocycles. The van der Waals surface area contributed by atoms with Gasteiger partial charge in [-0.05, 0) is 30.2 Å². The molecule has 0 unspecified atom stereocenters. The lowest BCUT2D eigenvalue weighted by Gasteiger charge is -2.21. The Morgan fingerprint density at radius 2 is 2.06 bits per heavy atom. The zero-order chi connectivity index (χ0) is 24.5. The van der Waals surface area contributed by atoms with E-state index in [0.29, 0.717) is 47.0 Å². The predicted molar refractivity (Wildman–Crippen MR) is 123 cm³/mol. The second kappa shape index (κ2) is 9.54. The Hall–Kier alpha value is -3.27. The molecule has 4 rings (SSSR count). The summed E-state index contributed by atoms with van der Waals surface area (Å²) >= 11 is 6.34. The molecule has 3 aromatic rings. The number of aliphatic carboxylic acids is 1. The summed E-state index contributed by atoms with van der Waals surface area (Å²) < 4.78 is 34.0. The van der Waals surface area contributed by atoms with Crippen molar-refractivity contribution in [1.29, 1.82) is 0 Å². The summed E-state index contributed by atoms with van der Waals surface area (Å²) in [5.74, 6) is -3.56. The molecule has 0 aliphatic carbocycles. The van der Waals surface area contributed by atoms with E-state index in [2.05, 4.69) is 9.97 Å². The van der Waals surface area contributed by atoms with Gasteiger partial charge in [-0.15, -0.1) is 0 Å². The van der Waals surface area contributed by atoms with Crippen LogP contribution in [0.2, 0.25) is 5.02 Å². The summed E-state index contributed by atoms with van der Waals surface area (Å²) in [7, 11) is 1.58. The Balaban J connectivity index is 1.61. The van der Waals surface area contributed by atoms with Crippen molar-refractivity contribution in [2.24, 2.45) is 7.05 Å². The third kappa shape index (κ3) is 5.27. The average Bonchev–Trinajstić information content (AvgIpc) is 2.97. The number of alkyl halides is 2. The van der Waals surface area contributed by atoms with E-state index in [9.17, 15) is 18.4 Å². The lowest BCUT2D eigenvalue weighted by Crippen LogP contribution is -2.27. The molecule has 1 N–H and O–H groups in total. The van der Waals surface area contributed by atoms with E-state index in [1.165, 1.54) is 16.8 Å². The topological polar surface area (TPSA) is 97.5 Å². The van der Waals surface area contributed by atoms with Crippen molar-refractivity contribution in [3.05, 3.63) is 57.1 Å². The van der Waals surface area contributed by atoms with Gasteiger partial charge in [-0.2, -0.15) is 0 Å². The Labute approximate surface area is 198 Å². The van der Waals surface area contributed by atoms with Crippen LogP contribution in [0.1, 0.15) is 30.5 Å². The first-order chi connectivity index (χ1) is 16.1. The number of carbonyl (C=O) groups is 1. The Morgan fingerprint density at radius 3 is 2.82 bits per heavy atom. The molecule has 0 amide bonds. The van der Waals surface area contributed by atoms with Crippen molar-refractivity contribution in [2.45, 2.75) is 31.6 Å². The molecular formula is C23H23ClF2N4O4. The van der Waals surface area contributed by atoms with Crippen LogP contribution in [0.15, 0.2) is 35.3 Å². The van der Waals surface area contributed by atoms with Crippen LogP contribution in [0, 0.1) is 0 Å². The molecule has 1 saturated heterocycles. The van der Waals surface area contributed by atoms with Crippen LogP contribution in [0.3, 0.4) is 0 Å². The van der Waals surface area contributed by atoms with Gasteiger partial charge in [0.25, 0.3) is 5.56 Å². The summed E-state index contributed by atoms with van der Waals surface area (Å²) in [6.45, 7) is -0.0147. The summed E-state index contributed by atoms with van der Waals surface area (Å²) in [4.78, 5) is 33.8. The maximum absolute atomic E-state index is 13.7. The maximum Gasteiger partial charge on any atom is 0.341 e. The fraction of sp³-hybridized carbons (Fsp3) is 0.391. The highest BCUT2D eigenvalue weighted by atomic mass is 35.5. The Kier molecular flexibility index (Phi) is 6.70. The zero-order valence-electron chi connectivity index (χ0n) is 18.4. The number of hydrogen-bond donors (Lipinski definition) is 1. The van der Waals surface area contributed by atoms with Gasteiger partial charge in [0, 0.05) is 44.8 Å². The minimum Gasteiger partial charge on any atom is -0.479 e. The third-order valence-electron chi connectivity index (χ3n) is 5.78. The monoisotopic (exact) mass is 492 g/mol. The van der Waals surface area contributed by atoms with Gasteiger partial charge < -0.3 is 19.3 Å². The zero-order valence-corrected chi connectivity index (χ0v) is 19.2. The molecule has 11 heteroatoms. The van der Waals surface area contributed by atoms with Gasteiger partial charge in [0.1, 0.15) is 0 Å². The van der Waals surface area contributed by atoms with E-state index in [1.807, 2.05) is 12.1 Å². The first-order valence-corrected chi connectivity index (χ1v) is 11.1. The summed E-state index contributed by atoms with van der Waals surface area (Å²) in [6, 6.07) is 6.96. The number of halogens is 3. The SMILES string of the molecule is Cn1c(=O)c(OCC(=O)O)cc2cc(Cc3nc(N4CCCC(F)(F)CC4)ncc3Cl)ccc21. The minimum absolute atomic E-state index is 0.0603. The molecule has 0 spiro atoms. The standard InChI is InChI=1S/C23H23ClF2N4O4/c1-29-18-4-3-14(9-15(18)11-19(21(29)33)34-13-20(31)32)10-17-16(24)12-27-22(28-17)30-7-2-5-23(25,26)6-8-30/h3-4,9,11-12H,2,5-8,10,13H2,1H3,(H,31,32). The number of benzene rings is 1. The molecule has 0 bridgehead atoms. The molecule has 2 aromatic heterocycles. The summed E-state index contributed by atoms with van der Waals surface area (Å²) in [5.41, 5.74) is 1.60. The smallest absolute Gasteiger partial charge is 0.341 e. The number of aromatic nitrogens is 3. The normalized spacial score (nSPS) is 15.8. The fourth-order valence-electron chi connectivity index (χ4n) is 3.98. The Morgan fingerprint density at radius 1 is 1.26 bits per heavy atom. The Bertz CT molecular complexity index is 1300. The van der Waals surface area contributed by atoms with E-state index in [0.717, 1.165) is 5.56 Å². The molecule has 8 nitrogen and oxygen atoms in total. The fourth-order valence-corrected chi connectivity index (χ4v) is 4.14. The quantitative estimate of drug-likeness (QED) is 0.560. The van der Waals surface area contributed by atoms with Crippen molar-refractivity contribution in [2.75, 3.05) is 24.6 Å². The molecule has 180 valence electrons. The van der Waals surface area contributed by atoms with Crippen LogP contribution >= 0.6 is 11.6 Å². The summed E-state index contributed by atoms with van der Waals surface area (Å²) in [5, 5.41) is 9.88. The van der Waals surface area contributed by atoms with Gasteiger partial charge >= 0.3 is 5.97 Å². The number of carboxylic acids is 1. The number of hydrogen-bond acceptors (Lipinski definition) is 6. The third-order valence-corrected chi connectivity index (χ3v) is 6.10. The van der Waals surface area contributed by atoms with Crippen LogP contribution < -0.4 is 15.2 Å². The second-order valence-corrected chi connectivity index (χ2v) is 8.69. The average molecular weight is 493 g/mol. The highest BCUT2D eigenvalue weighted by molar-refractivity contribution is 6.31. The lowest BCUT2D eigenvalue weighted by molar-refractivity contribution is -0.139. The number of ether oxygens (including phenoxy) is 1. The highest BCUT2D eigenvalue weighted by Crippen LogP contribution is 2.30. The van der Waals surface area contributed by atoms with E-state index < -0.39 is 24.1 Å². The van der Waals surface area contributed by atoms with Gasteiger partial charge in [-0.1, -0.05) is 17.7 Å². The molecule has 1 aliphatic heterocycles. The molecular weight excluding hydrogens is 470 g/mol. The number of anilines is 1. The van der Waals surface area contributed by atoms with Crippen LogP contribution in [0.5, 0.6) is 5.75 Å². The van der Waals surface area contributed by atoms with Gasteiger partial charge in [-0.3, -0.25) is 4.79 Å². The molecule has 1 aliphatic rings. The van der Waals surface area contributed by atoms with Crippen molar-refractivity contribution in [1.82, 2.24) is 14.5 Å². The number of rotatable bonds is 6. The van der Waals surface area contributed by atoms with Gasteiger partial charge in [-0.25, -0.2) is 23.5 Å². The molecule has 34 heavy (non-hydrogen) atoms. The lowest BCUT2D eigenvalue weighted by atomic mass is 10.1. The molecule has 0 saturated carbocycles. The first kappa shape index (κ1) is 23.9. The van der Waals surface area contributed by atoms with Crippen molar-refractivity contribution in [3.8, 4) is 5.75 Å². The van der Waals surface area contributed by atoms with Crippen LogP contribution in [0.25, 0.3) is 10.9 Å². The maximum atomic E-state index is 13.7. The molecule has 3 heterocycles. The van der Waals surface area contributed by atoms with Crippen LogP contribution in [-0.4, -0.2) is 51.2 Å². The number of fused-ring (bicyclic) bond motifs is 1.